The van der Waals surface area contributed by atoms with Gasteiger partial charge in [-0.05, 0) is 12.1 Å². The molecule has 1 aliphatic heterocycles. The van der Waals surface area contributed by atoms with E-state index in [4.69, 9.17) is 9.47 Å². The zero-order chi connectivity index (χ0) is 19.2. The van der Waals surface area contributed by atoms with Crippen molar-refractivity contribution in [2.45, 2.75) is 6.42 Å². The Hall–Kier alpha value is -3.69. The zero-order valence-electron chi connectivity index (χ0n) is 14.1. The standard InChI is InChI=1S/C17H16N4O6/c22-16(20-11-2-1-4-18-10-11)3-5-19-17(23)12-8-14-15(27-7-6-26-14)9-13(12)21(24)25/h1-2,4,8-10H,3,5-7H2,(H,19,23)(H,20,22). The zero-order valence-corrected chi connectivity index (χ0v) is 14.1. The summed E-state index contributed by atoms with van der Waals surface area (Å²) in [6, 6.07) is 5.80. The number of aromatic nitrogens is 1. The summed E-state index contributed by atoms with van der Waals surface area (Å²) in [4.78, 5) is 38.7. The molecule has 2 aromatic rings. The molecule has 0 aliphatic carbocycles. The van der Waals surface area contributed by atoms with E-state index in [0.29, 0.717) is 12.3 Å². The van der Waals surface area contributed by atoms with Crippen LogP contribution >= 0.6 is 0 Å². The summed E-state index contributed by atoms with van der Waals surface area (Å²) in [5, 5.41) is 16.4. The van der Waals surface area contributed by atoms with Crippen molar-refractivity contribution in [1.82, 2.24) is 10.3 Å². The van der Waals surface area contributed by atoms with Crippen molar-refractivity contribution in [2.24, 2.45) is 0 Å². The predicted octanol–water partition coefficient (Wildman–Crippen LogP) is 1.52. The number of nitrogens with zero attached hydrogens (tertiary/aromatic N) is 2. The minimum Gasteiger partial charge on any atom is -0.486 e. The molecular formula is C17H16N4O6. The number of benzene rings is 1. The van der Waals surface area contributed by atoms with Crippen molar-refractivity contribution in [3.63, 3.8) is 0 Å². The highest BCUT2D eigenvalue weighted by atomic mass is 16.6. The van der Waals surface area contributed by atoms with Gasteiger partial charge in [-0.2, -0.15) is 0 Å². The van der Waals surface area contributed by atoms with Gasteiger partial charge in [0.05, 0.1) is 22.9 Å². The number of pyridine rings is 1. The monoisotopic (exact) mass is 372 g/mol. The van der Waals surface area contributed by atoms with Gasteiger partial charge in [-0.1, -0.05) is 0 Å². The summed E-state index contributed by atoms with van der Waals surface area (Å²) in [6.45, 7) is 0.582. The van der Waals surface area contributed by atoms with Crippen LogP contribution in [0.15, 0.2) is 36.7 Å². The fraction of sp³-hybridized carbons (Fsp3) is 0.235. The van der Waals surface area contributed by atoms with E-state index in [2.05, 4.69) is 15.6 Å². The molecule has 0 atom stereocenters. The molecule has 0 unspecified atom stereocenters. The molecule has 0 saturated carbocycles. The quantitative estimate of drug-likeness (QED) is 0.580. The minimum absolute atomic E-state index is 0.00101. The number of nitro groups is 1. The number of amides is 2. The van der Waals surface area contributed by atoms with E-state index in [1.165, 1.54) is 18.3 Å². The van der Waals surface area contributed by atoms with Crippen LogP contribution in [0.5, 0.6) is 11.5 Å². The van der Waals surface area contributed by atoms with Gasteiger partial charge in [-0.15, -0.1) is 0 Å². The maximum atomic E-state index is 12.3. The van der Waals surface area contributed by atoms with Gasteiger partial charge in [-0.25, -0.2) is 0 Å². The Labute approximate surface area is 153 Å². The van der Waals surface area contributed by atoms with Crippen LogP contribution in [0.1, 0.15) is 16.8 Å². The number of rotatable bonds is 6. The van der Waals surface area contributed by atoms with Crippen LogP contribution in [-0.4, -0.2) is 41.5 Å². The summed E-state index contributed by atoms with van der Waals surface area (Å²) in [7, 11) is 0. The Morgan fingerprint density at radius 2 is 1.96 bits per heavy atom. The Morgan fingerprint density at radius 1 is 1.22 bits per heavy atom. The largest absolute Gasteiger partial charge is 0.486 e. The Kier molecular flexibility index (Phi) is 5.45. The first-order chi connectivity index (χ1) is 13.0. The number of fused-ring (bicyclic) bond motifs is 1. The van der Waals surface area contributed by atoms with Crippen molar-refractivity contribution >= 4 is 23.2 Å². The van der Waals surface area contributed by atoms with Gasteiger partial charge in [0.1, 0.15) is 18.8 Å². The fourth-order valence-corrected chi connectivity index (χ4v) is 2.46. The third-order valence-electron chi connectivity index (χ3n) is 3.68. The SMILES string of the molecule is O=C(CCNC(=O)c1cc2c(cc1[N+](=O)[O-])OCCO2)Nc1cccnc1. The molecule has 3 rings (SSSR count). The first kappa shape index (κ1) is 18.1. The maximum Gasteiger partial charge on any atom is 0.286 e. The molecule has 0 spiro atoms. The summed E-state index contributed by atoms with van der Waals surface area (Å²) in [5.74, 6) is -0.500. The lowest BCUT2D eigenvalue weighted by Crippen LogP contribution is -2.28. The van der Waals surface area contributed by atoms with Gasteiger partial charge in [-0.3, -0.25) is 24.7 Å². The second kappa shape index (κ2) is 8.13. The number of ether oxygens (including phenoxy) is 2. The summed E-state index contributed by atoms with van der Waals surface area (Å²) < 4.78 is 10.7. The smallest absolute Gasteiger partial charge is 0.286 e. The molecule has 10 heteroatoms. The third-order valence-corrected chi connectivity index (χ3v) is 3.68. The first-order valence-corrected chi connectivity index (χ1v) is 8.10. The first-order valence-electron chi connectivity index (χ1n) is 8.10. The summed E-state index contributed by atoms with van der Waals surface area (Å²) in [6.07, 6.45) is 3.07. The molecule has 0 fully saturated rings. The number of nitrogens with one attached hydrogen (secondary N) is 2. The average molecular weight is 372 g/mol. The van der Waals surface area contributed by atoms with E-state index in [1.807, 2.05) is 0 Å². The van der Waals surface area contributed by atoms with Gasteiger partial charge in [0.15, 0.2) is 11.5 Å². The highest BCUT2D eigenvalue weighted by molar-refractivity contribution is 5.99. The van der Waals surface area contributed by atoms with Crippen LogP contribution in [0.2, 0.25) is 0 Å². The molecule has 2 heterocycles. The van der Waals surface area contributed by atoms with E-state index in [1.54, 1.807) is 18.3 Å². The van der Waals surface area contributed by atoms with Crippen LogP contribution < -0.4 is 20.1 Å². The van der Waals surface area contributed by atoms with Crippen molar-refractivity contribution in [1.29, 1.82) is 0 Å². The average Bonchev–Trinajstić information content (AvgIpc) is 2.67. The van der Waals surface area contributed by atoms with E-state index in [-0.39, 0.29) is 42.5 Å². The molecule has 140 valence electrons. The summed E-state index contributed by atoms with van der Waals surface area (Å²) >= 11 is 0. The van der Waals surface area contributed by atoms with Crippen LogP contribution in [0.4, 0.5) is 11.4 Å². The number of hydrogen-bond acceptors (Lipinski definition) is 7. The molecular weight excluding hydrogens is 356 g/mol. The fourth-order valence-electron chi connectivity index (χ4n) is 2.46. The molecule has 2 amide bonds. The molecule has 10 nitrogen and oxygen atoms in total. The number of nitro benzene ring substituents is 1. The molecule has 2 N–H and O–H groups in total. The van der Waals surface area contributed by atoms with Crippen molar-refractivity contribution in [2.75, 3.05) is 25.1 Å². The van der Waals surface area contributed by atoms with E-state index in [9.17, 15) is 19.7 Å². The third kappa shape index (κ3) is 4.48. The maximum absolute atomic E-state index is 12.3. The Balaban J connectivity index is 1.62. The van der Waals surface area contributed by atoms with Crippen LogP contribution in [-0.2, 0) is 4.79 Å². The van der Waals surface area contributed by atoms with Crippen LogP contribution in [0, 0.1) is 10.1 Å². The molecule has 0 saturated heterocycles. The number of carbonyl (C=O) groups excluding carboxylic acids is 2. The van der Waals surface area contributed by atoms with Gasteiger partial charge < -0.3 is 20.1 Å². The van der Waals surface area contributed by atoms with E-state index >= 15 is 0 Å². The molecule has 0 bridgehead atoms. The molecule has 0 radical (unpaired) electrons. The van der Waals surface area contributed by atoms with Crippen molar-refractivity contribution < 1.29 is 24.0 Å². The molecule has 27 heavy (non-hydrogen) atoms. The van der Waals surface area contributed by atoms with E-state index < -0.39 is 16.5 Å². The second-order valence-corrected chi connectivity index (χ2v) is 5.57. The Bertz CT molecular complexity index is 871. The molecule has 1 aliphatic rings. The summed E-state index contributed by atoms with van der Waals surface area (Å²) in [5.41, 5.74) is -0.00946. The van der Waals surface area contributed by atoms with Crippen molar-refractivity contribution in [3.05, 3.63) is 52.3 Å². The van der Waals surface area contributed by atoms with Gasteiger partial charge in [0.2, 0.25) is 5.91 Å². The lowest BCUT2D eigenvalue weighted by Gasteiger charge is -2.18. The van der Waals surface area contributed by atoms with Crippen LogP contribution in [0.25, 0.3) is 0 Å². The van der Waals surface area contributed by atoms with Gasteiger partial charge in [0.25, 0.3) is 11.6 Å². The second-order valence-electron chi connectivity index (χ2n) is 5.57. The molecule has 1 aromatic heterocycles. The number of carbonyl (C=O) groups is 2. The minimum atomic E-state index is -0.673. The highest BCUT2D eigenvalue weighted by Crippen LogP contribution is 2.36. The Morgan fingerprint density at radius 3 is 2.63 bits per heavy atom. The lowest BCUT2D eigenvalue weighted by molar-refractivity contribution is -0.385. The normalized spacial score (nSPS) is 12.1. The lowest BCUT2D eigenvalue weighted by atomic mass is 10.1. The van der Waals surface area contributed by atoms with Gasteiger partial charge >= 0.3 is 0 Å². The number of anilines is 1. The van der Waals surface area contributed by atoms with E-state index in [0.717, 1.165) is 0 Å². The van der Waals surface area contributed by atoms with Crippen molar-refractivity contribution in [3.8, 4) is 11.5 Å². The molecule has 1 aromatic carbocycles. The predicted molar refractivity (Wildman–Crippen MR) is 93.9 cm³/mol. The van der Waals surface area contributed by atoms with Crippen LogP contribution in [0.3, 0.4) is 0 Å². The topological polar surface area (TPSA) is 133 Å². The van der Waals surface area contributed by atoms with Gasteiger partial charge in [0, 0.05) is 25.2 Å². The number of hydrogen-bond donors (Lipinski definition) is 2. The highest BCUT2D eigenvalue weighted by Gasteiger charge is 2.26.